The summed E-state index contributed by atoms with van der Waals surface area (Å²) in [6, 6.07) is 6.86. The molecular formula is C19H30N2O2. The number of ether oxygens (including phenoxy) is 1. The zero-order valence-corrected chi connectivity index (χ0v) is 14.5. The Morgan fingerprint density at radius 2 is 2.00 bits per heavy atom. The smallest absolute Gasteiger partial charge is 0.122 e. The first-order chi connectivity index (χ1) is 11.1. The van der Waals surface area contributed by atoms with Crippen molar-refractivity contribution in [3.63, 3.8) is 0 Å². The molecule has 2 aliphatic rings. The Morgan fingerprint density at radius 1 is 1.22 bits per heavy atom. The van der Waals surface area contributed by atoms with E-state index in [0.29, 0.717) is 12.6 Å². The summed E-state index contributed by atoms with van der Waals surface area (Å²) < 4.78 is 5.80. The van der Waals surface area contributed by atoms with Gasteiger partial charge in [-0.3, -0.25) is 9.80 Å². The van der Waals surface area contributed by atoms with Gasteiger partial charge < -0.3 is 9.84 Å². The molecule has 0 radical (unpaired) electrons. The van der Waals surface area contributed by atoms with Crippen molar-refractivity contribution in [3.05, 3.63) is 29.3 Å². The molecule has 2 atom stereocenters. The molecule has 1 aromatic rings. The van der Waals surface area contributed by atoms with Gasteiger partial charge in [-0.25, -0.2) is 0 Å². The number of rotatable bonds is 6. The highest BCUT2D eigenvalue weighted by atomic mass is 16.5. The number of aliphatic hydroxyl groups excluding tert-OH is 1. The van der Waals surface area contributed by atoms with Crippen LogP contribution in [0.25, 0.3) is 0 Å². The predicted octanol–water partition coefficient (Wildman–Crippen LogP) is 2.21. The lowest BCUT2D eigenvalue weighted by molar-refractivity contribution is 0.0731. The van der Waals surface area contributed by atoms with Crippen LogP contribution in [0.4, 0.5) is 0 Å². The van der Waals surface area contributed by atoms with E-state index in [2.05, 4.69) is 35.8 Å². The monoisotopic (exact) mass is 318 g/mol. The molecule has 2 aliphatic heterocycles. The summed E-state index contributed by atoms with van der Waals surface area (Å²) in [6.45, 7) is 9.94. The number of benzene rings is 1. The lowest BCUT2D eigenvalue weighted by atomic mass is 10.1. The molecule has 0 aromatic heterocycles. The Labute approximate surface area is 140 Å². The molecule has 0 bridgehead atoms. The van der Waals surface area contributed by atoms with Crippen LogP contribution in [0, 0.1) is 13.8 Å². The maximum Gasteiger partial charge on any atom is 0.122 e. The summed E-state index contributed by atoms with van der Waals surface area (Å²) in [7, 11) is 0. The first-order valence-electron chi connectivity index (χ1n) is 8.96. The average molecular weight is 318 g/mol. The van der Waals surface area contributed by atoms with E-state index in [1.54, 1.807) is 0 Å². The Morgan fingerprint density at radius 3 is 2.74 bits per heavy atom. The largest absolute Gasteiger partial charge is 0.491 e. The molecule has 0 spiro atoms. The van der Waals surface area contributed by atoms with Crippen LogP contribution in [-0.2, 0) is 0 Å². The quantitative estimate of drug-likeness (QED) is 0.872. The molecule has 0 amide bonds. The van der Waals surface area contributed by atoms with E-state index in [4.69, 9.17) is 4.74 Å². The molecule has 2 fully saturated rings. The van der Waals surface area contributed by atoms with Gasteiger partial charge in [0.2, 0.25) is 0 Å². The third-order valence-electron chi connectivity index (χ3n) is 5.14. The molecule has 2 heterocycles. The van der Waals surface area contributed by atoms with Gasteiger partial charge in [0.25, 0.3) is 0 Å². The number of hydrogen-bond acceptors (Lipinski definition) is 4. The van der Waals surface area contributed by atoms with Crippen molar-refractivity contribution in [1.82, 2.24) is 9.80 Å². The van der Waals surface area contributed by atoms with Crippen molar-refractivity contribution in [3.8, 4) is 5.75 Å². The number of β-amino-alcohol motifs (C(OH)–C–C–N with tert-alkyl or cyclic N) is 1. The average Bonchev–Trinajstić information content (AvgIpc) is 3.17. The first-order valence-corrected chi connectivity index (χ1v) is 8.96. The molecule has 23 heavy (non-hydrogen) atoms. The fourth-order valence-corrected chi connectivity index (χ4v) is 3.88. The Bertz CT molecular complexity index is 514. The molecule has 0 aliphatic carbocycles. The summed E-state index contributed by atoms with van der Waals surface area (Å²) >= 11 is 0. The van der Waals surface area contributed by atoms with Gasteiger partial charge >= 0.3 is 0 Å². The molecule has 128 valence electrons. The van der Waals surface area contributed by atoms with E-state index in [0.717, 1.165) is 30.9 Å². The molecule has 4 heteroatoms. The summed E-state index contributed by atoms with van der Waals surface area (Å²) in [5.41, 5.74) is 2.37. The van der Waals surface area contributed by atoms with Gasteiger partial charge in [-0.15, -0.1) is 0 Å². The van der Waals surface area contributed by atoms with Crippen LogP contribution in [0.2, 0.25) is 0 Å². The molecule has 3 rings (SSSR count). The lowest BCUT2D eigenvalue weighted by Gasteiger charge is -2.24. The van der Waals surface area contributed by atoms with Crippen LogP contribution in [-0.4, -0.2) is 66.4 Å². The van der Waals surface area contributed by atoms with E-state index in [-0.39, 0.29) is 0 Å². The minimum Gasteiger partial charge on any atom is -0.491 e. The minimum absolute atomic E-state index is 0.370. The van der Waals surface area contributed by atoms with Crippen molar-refractivity contribution in [2.45, 2.75) is 45.3 Å². The lowest BCUT2D eigenvalue weighted by Crippen LogP contribution is -2.38. The number of nitrogens with zero attached hydrogens (tertiary/aromatic N) is 2. The summed E-state index contributed by atoms with van der Waals surface area (Å²) in [5, 5.41) is 10.3. The third kappa shape index (κ3) is 4.46. The van der Waals surface area contributed by atoms with Crippen LogP contribution in [0.3, 0.4) is 0 Å². The second kappa shape index (κ2) is 7.65. The van der Waals surface area contributed by atoms with E-state index >= 15 is 0 Å². The second-order valence-electron chi connectivity index (χ2n) is 7.18. The maximum atomic E-state index is 10.3. The number of aryl methyl sites for hydroxylation is 2. The van der Waals surface area contributed by atoms with Gasteiger partial charge in [-0.05, 0) is 64.4 Å². The van der Waals surface area contributed by atoms with Gasteiger partial charge in [-0.1, -0.05) is 17.7 Å². The Kier molecular flexibility index (Phi) is 5.57. The van der Waals surface area contributed by atoms with Crippen molar-refractivity contribution in [1.29, 1.82) is 0 Å². The zero-order chi connectivity index (χ0) is 16.2. The van der Waals surface area contributed by atoms with Gasteiger partial charge in [0, 0.05) is 19.1 Å². The molecule has 2 saturated heterocycles. The number of aliphatic hydroxyl groups is 1. The molecular weight excluding hydrogens is 288 g/mol. The fraction of sp³-hybridized carbons (Fsp3) is 0.684. The molecule has 1 aromatic carbocycles. The van der Waals surface area contributed by atoms with Crippen molar-refractivity contribution in [2.75, 3.05) is 39.3 Å². The predicted molar refractivity (Wildman–Crippen MR) is 93.1 cm³/mol. The van der Waals surface area contributed by atoms with Crippen LogP contribution in [0.15, 0.2) is 18.2 Å². The fourth-order valence-electron chi connectivity index (χ4n) is 3.88. The summed E-state index contributed by atoms with van der Waals surface area (Å²) in [5.74, 6) is 0.881. The highest BCUT2D eigenvalue weighted by Crippen LogP contribution is 2.21. The van der Waals surface area contributed by atoms with Crippen LogP contribution in [0.5, 0.6) is 5.75 Å². The SMILES string of the molecule is Cc1ccc(OCC(O)CN2CCC(N3CCCC3)C2)c(C)c1. The Hall–Kier alpha value is -1.10. The highest BCUT2D eigenvalue weighted by Gasteiger charge is 2.29. The zero-order valence-electron chi connectivity index (χ0n) is 14.5. The van der Waals surface area contributed by atoms with E-state index < -0.39 is 6.10 Å². The van der Waals surface area contributed by atoms with Crippen LogP contribution < -0.4 is 4.74 Å². The van der Waals surface area contributed by atoms with Gasteiger partial charge in [0.1, 0.15) is 18.5 Å². The second-order valence-corrected chi connectivity index (χ2v) is 7.18. The molecule has 4 nitrogen and oxygen atoms in total. The van der Waals surface area contributed by atoms with Crippen molar-refractivity contribution < 1.29 is 9.84 Å². The van der Waals surface area contributed by atoms with E-state index in [9.17, 15) is 5.11 Å². The van der Waals surface area contributed by atoms with Crippen LogP contribution >= 0.6 is 0 Å². The first kappa shape index (κ1) is 16.7. The van der Waals surface area contributed by atoms with Crippen molar-refractivity contribution in [2.24, 2.45) is 0 Å². The van der Waals surface area contributed by atoms with Crippen LogP contribution in [0.1, 0.15) is 30.4 Å². The number of hydrogen-bond donors (Lipinski definition) is 1. The third-order valence-corrected chi connectivity index (χ3v) is 5.14. The van der Waals surface area contributed by atoms with Crippen molar-refractivity contribution >= 4 is 0 Å². The Balaban J connectivity index is 1.42. The highest BCUT2D eigenvalue weighted by molar-refractivity contribution is 5.35. The molecule has 2 unspecified atom stereocenters. The molecule has 0 saturated carbocycles. The van der Waals surface area contributed by atoms with E-state index in [1.807, 2.05) is 6.07 Å². The topological polar surface area (TPSA) is 35.9 Å². The standard InChI is InChI=1S/C19H30N2O2/c1-15-5-6-19(16(2)11-15)23-14-18(22)13-20-10-7-17(12-20)21-8-3-4-9-21/h5-6,11,17-18,22H,3-4,7-10,12-14H2,1-2H3. The van der Waals surface area contributed by atoms with Gasteiger partial charge in [-0.2, -0.15) is 0 Å². The minimum atomic E-state index is -0.423. The van der Waals surface area contributed by atoms with E-state index in [1.165, 1.54) is 37.9 Å². The van der Waals surface area contributed by atoms with Gasteiger partial charge in [0.05, 0.1) is 0 Å². The summed E-state index contributed by atoms with van der Waals surface area (Å²) in [6.07, 6.45) is 3.52. The van der Waals surface area contributed by atoms with Gasteiger partial charge in [0.15, 0.2) is 0 Å². The maximum absolute atomic E-state index is 10.3. The normalized spacial score (nSPS) is 24.2. The summed E-state index contributed by atoms with van der Waals surface area (Å²) in [4.78, 5) is 5.01. The number of likely N-dealkylation sites (tertiary alicyclic amines) is 2. The molecule has 1 N–H and O–H groups in total.